The lowest BCUT2D eigenvalue weighted by Gasteiger charge is -2.31. The number of aliphatic hydroxyl groups is 1. The minimum Gasteiger partial charge on any atom is -0.481 e. The summed E-state index contributed by atoms with van der Waals surface area (Å²) in [5, 5.41) is 28.0. The molecule has 0 aliphatic carbocycles. The maximum atomic E-state index is 11.4. The van der Waals surface area contributed by atoms with Crippen LogP contribution in [0.1, 0.15) is 30.9 Å². The summed E-state index contributed by atoms with van der Waals surface area (Å²) < 4.78 is 0. The molecule has 6 nitrogen and oxygen atoms in total. The van der Waals surface area contributed by atoms with Gasteiger partial charge in [-0.2, -0.15) is 0 Å². The maximum absolute atomic E-state index is 11.4. The lowest BCUT2D eigenvalue weighted by molar-refractivity contribution is -0.143. The summed E-state index contributed by atoms with van der Waals surface area (Å²) in [6, 6.07) is 8.15. The Bertz CT molecular complexity index is 504. The van der Waals surface area contributed by atoms with E-state index in [0.29, 0.717) is 6.42 Å². The highest BCUT2D eigenvalue weighted by Gasteiger charge is 2.40. The zero-order valence-corrected chi connectivity index (χ0v) is 11.6. The summed E-state index contributed by atoms with van der Waals surface area (Å²) in [5.41, 5.74) is 0.874. The van der Waals surface area contributed by atoms with Crippen LogP contribution in [0.25, 0.3) is 0 Å². The van der Waals surface area contributed by atoms with E-state index in [1.807, 2.05) is 30.3 Å². The molecule has 1 fully saturated rings. The molecule has 1 aromatic rings. The number of likely N-dealkylation sites (tertiary alicyclic amines) is 1. The van der Waals surface area contributed by atoms with Gasteiger partial charge in [-0.05, 0) is 12.0 Å². The number of carbonyl (C=O) groups is 2. The van der Waals surface area contributed by atoms with E-state index in [-0.39, 0.29) is 25.4 Å². The minimum absolute atomic E-state index is 0.0432. The fraction of sp³-hybridized carbons (Fsp3) is 0.467. The van der Waals surface area contributed by atoms with Crippen LogP contribution in [0.5, 0.6) is 0 Å². The molecule has 0 radical (unpaired) electrons. The van der Waals surface area contributed by atoms with E-state index in [4.69, 9.17) is 5.11 Å². The number of carboxylic acid groups (broad SMARTS) is 2. The molecule has 2 unspecified atom stereocenters. The third kappa shape index (κ3) is 3.80. The Balaban J connectivity index is 2.25. The average Bonchev–Trinajstić information content (AvgIpc) is 2.82. The Morgan fingerprint density at radius 3 is 2.48 bits per heavy atom. The third-order valence-electron chi connectivity index (χ3n) is 3.82. The first-order chi connectivity index (χ1) is 9.99. The molecule has 1 aliphatic rings. The van der Waals surface area contributed by atoms with Crippen LogP contribution in [0.4, 0.5) is 0 Å². The highest BCUT2D eigenvalue weighted by atomic mass is 16.4. The van der Waals surface area contributed by atoms with Crippen molar-refractivity contribution < 1.29 is 24.9 Å². The highest BCUT2D eigenvalue weighted by Crippen LogP contribution is 2.33. The van der Waals surface area contributed by atoms with Gasteiger partial charge in [-0.1, -0.05) is 30.3 Å². The number of hydrogen-bond donors (Lipinski definition) is 3. The van der Waals surface area contributed by atoms with E-state index in [9.17, 15) is 19.8 Å². The number of aliphatic hydroxyl groups excluding tert-OH is 1. The number of aliphatic carboxylic acids is 2. The molecule has 0 saturated carbocycles. The standard InChI is InChI=1S/C15H19NO5/c17-11-8-13(15(20)21)16(9-11)12(6-7-14(18)19)10-4-2-1-3-5-10/h1-5,11-13,17H,6-9H2,(H,18,19)(H,20,21)/t11?,12?,13-/m0/s1. The minimum atomic E-state index is -0.984. The van der Waals surface area contributed by atoms with Gasteiger partial charge in [0.1, 0.15) is 6.04 Å². The Morgan fingerprint density at radius 2 is 1.90 bits per heavy atom. The van der Waals surface area contributed by atoms with Crippen molar-refractivity contribution in [1.29, 1.82) is 0 Å². The molecule has 0 spiro atoms. The Kier molecular flexibility index (Phi) is 4.93. The summed E-state index contributed by atoms with van der Waals surface area (Å²) in [7, 11) is 0. The van der Waals surface area contributed by atoms with E-state index < -0.39 is 24.1 Å². The number of benzene rings is 1. The summed E-state index contributed by atoms with van der Waals surface area (Å²) in [5.74, 6) is -1.90. The molecule has 1 aromatic carbocycles. The molecule has 2 rings (SSSR count). The number of nitrogens with zero attached hydrogens (tertiary/aromatic N) is 1. The monoisotopic (exact) mass is 293 g/mol. The molecule has 6 heteroatoms. The van der Waals surface area contributed by atoms with Gasteiger partial charge in [-0.15, -0.1) is 0 Å². The summed E-state index contributed by atoms with van der Waals surface area (Å²) >= 11 is 0. The van der Waals surface area contributed by atoms with Crippen molar-refractivity contribution in [3.63, 3.8) is 0 Å². The van der Waals surface area contributed by atoms with Crippen LogP contribution in [-0.2, 0) is 9.59 Å². The molecular formula is C15H19NO5. The van der Waals surface area contributed by atoms with Gasteiger partial charge in [-0.25, -0.2) is 0 Å². The zero-order chi connectivity index (χ0) is 15.4. The number of hydrogen-bond acceptors (Lipinski definition) is 4. The first-order valence-electron chi connectivity index (χ1n) is 6.92. The largest absolute Gasteiger partial charge is 0.481 e. The molecule has 3 N–H and O–H groups in total. The van der Waals surface area contributed by atoms with Gasteiger partial charge in [-0.3, -0.25) is 14.5 Å². The lowest BCUT2D eigenvalue weighted by Crippen LogP contribution is -2.39. The van der Waals surface area contributed by atoms with Crippen LogP contribution in [-0.4, -0.2) is 50.8 Å². The summed E-state index contributed by atoms with van der Waals surface area (Å²) in [6.07, 6.45) is -0.248. The van der Waals surface area contributed by atoms with Crippen LogP contribution >= 0.6 is 0 Å². The van der Waals surface area contributed by atoms with E-state index in [1.54, 1.807) is 4.90 Å². The van der Waals surface area contributed by atoms with Gasteiger partial charge >= 0.3 is 11.9 Å². The Hall–Kier alpha value is -1.92. The van der Waals surface area contributed by atoms with E-state index >= 15 is 0 Å². The molecule has 1 saturated heterocycles. The quantitative estimate of drug-likeness (QED) is 0.727. The van der Waals surface area contributed by atoms with Gasteiger partial charge in [0.15, 0.2) is 0 Å². The molecule has 3 atom stereocenters. The Morgan fingerprint density at radius 1 is 1.24 bits per heavy atom. The van der Waals surface area contributed by atoms with Crippen molar-refractivity contribution in [3.8, 4) is 0 Å². The van der Waals surface area contributed by atoms with Crippen LogP contribution in [0.2, 0.25) is 0 Å². The first-order valence-corrected chi connectivity index (χ1v) is 6.92. The molecule has 0 aromatic heterocycles. The zero-order valence-electron chi connectivity index (χ0n) is 11.6. The van der Waals surface area contributed by atoms with Gasteiger partial charge in [0, 0.05) is 25.4 Å². The molecule has 21 heavy (non-hydrogen) atoms. The predicted molar refractivity (Wildman–Crippen MR) is 74.8 cm³/mol. The first kappa shape index (κ1) is 15.5. The predicted octanol–water partition coefficient (Wildman–Crippen LogP) is 1.11. The SMILES string of the molecule is O=C(O)CCC(c1ccccc1)N1CC(O)C[C@H]1C(=O)O. The molecule has 114 valence electrons. The fourth-order valence-corrected chi connectivity index (χ4v) is 2.88. The second-order valence-corrected chi connectivity index (χ2v) is 5.30. The Labute approximate surface area is 122 Å². The van der Waals surface area contributed by atoms with E-state index in [0.717, 1.165) is 5.56 Å². The van der Waals surface area contributed by atoms with Crippen LogP contribution in [0.15, 0.2) is 30.3 Å². The van der Waals surface area contributed by atoms with Gasteiger partial charge in [0.2, 0.25) is 0 Å². The van der Waals surface area contributed by atoms with Crippen molar-refractivity contribution in [2.75, 3.05) is 6.54 Å². The van der Waals surface area contributed by atoms with Crippen molar-refractivity contribution in [2.45, 2.75) is 37.5 Å². The molecule has 0 bridgehead atoms. The van der Waals surface area contributed by atoms with Gasteiger partial charge < -0.3 is 15.3 Å². The summed E-state index contributed by atoms with van der Waals surface area (Å²) in [6.45, 7) is 0.246. The molecule has 1 heterocycles. The van der Waals surface area contributed by atoms with Crippen LogP contribution in [0.3, 0.4) is 0 Å². The third-order valence-corrected chi connectivity index (χ3v) is 3.82. The van der Waals surface area contributed by atoms with E-state index in [2.05, 4.69) is 0 Å². The van der Waals surface area contributed by atoms with Crippen molar-refractivity contribution in [1.82, 2.24) is 4.90 Å². The molecule has 0 amide bonds. The number of β-amino-alcohol motifs (C(OH)–C–C–N with tert-alkyl or cyclic N) is 1. The van der Waals surface area contributed by atoms with Crippen LogP contribution in [0, 0.1) is 0 Å². The van der Waals surface area contributed by atoms with E-state index in [1.165, 1.54) is 0 Å². The van der Waals surface area contributed by atoms with Crippen LogP contribution < -0.4 is 0 Å². The molecular weight excluding hydrogens is 274 g/mol. The maximum Gasteiger partial charge on any atom is 0.321 e. The summed E-state index contributed by atoms with van der Waals surface area (Å²) in [4.78, 5) is 23.9. The van der Waals surface area contributed by atoms with Crippen molar-refractivity contribution in [3.05, 3.63) is 35.9 Å². The highest BCUT2D eigenvalue weighted by molar-refractivity contribution is 5.74. The molecule has 1 aliphatic heterocycles. The number of carboxylic acids is 2. The normalized spacial score (nSPS) is 23.9. The van der Waals surface area contributed by atoms with Crippen molar-refractivity contribution >= 4 is 11.9 Å². The fourth-order valence-electron chi connectivity index (χ4n) is 2.88. The average molecular weight is 293 g/mol. The van der Waals surface area contributed by atoms with Gasteiger partial charge in [0.05, 0.1) is 6.10 Å². The van der Waals surface area contributed by atoms with Gasteiger partial charge in [0.25, 0.3) is 0 Å². The topological polar surface area (TPSA) is 98.1 Å². The second kappa shape index (κ2) is 6.69. The van der Waals surface area contributed by atoms with Crippen molar-refractivity contribution in [2.24, 2.45) is 0 Å². The second-order valence-electron chi connectivity index (χ2n) is 5.30. The lowest BCUT2D eigenvalue weighted by atomic mass is 9.99. The number of rotatable bonds is 6. The smallest absolute Gasteiger partial charge is 0.321 e.